The number of rotatable bonds is 5. The first-order valence-corrected chi connectivity index (χ1v) is 17.5. The molecule has 0 aliphatic heterocycles. The summed E-state index contributed by atoms with van der Waals surface area (Å²) in [5.41, 5.74) is -0.165. The van der Waals surface area contributed by atoms with E-state index in [4.69, 9.17) is 11.3 Å². The van der Waals surface area contributed by atoms with Gasteiger partial charge in [0.15, 0.2) is 35.3 Å². The molecule has 2 heterocycles. The summed E-state index contributed by atoms with van der Waals surface area (Å²) < 4.78 is 115. The van der Waals surface area contributed by atoms with Gasteiger partial charge < -0.3 is 8.83 Å². The van der Waals surface area contributed by atoms with Crippen LogP contribution in [0.2, 0.25) is 0 Å². The van der Waals surface area contributed by atoms with Crippen LogP contribution < -0.4 is 31.1 Å². The molecule has 1 radical (unpaired) electrons. The minimum absolute atomic E-state index is 0.00188. The van der Waals surface area contributed by atoms with Crippen LogP contribution in [0.3, 0.4) is 0 Å². The quantitative estimate of drug-likeness (QED) is 0.0863. The highest BCUT2D eigenvalue weighted by Crippen LogP contribution is 2.27. The number of fused-ring (bicyclic) bond motifs is 4. The van der Waals surface area contributed by atoms with Gasteiger partial charge in [-0.3, -0.25) is 9.59 Å². The van der Waals surface area contributed by atoms with Gasteiger partial charge in [-0.2, -0.15) is 8.42 Å². The second kappa shape index (κ2) is 11.0. The third-order valence-electron chi connectivity index (χ3n) is 7.04. The molecule has 46 heavy (non-hydrogen) atoms. The van der Waals surface area contributed by atoms with E-state index < -0.39 is 75.2 Å². The SMILES string of the molecule is O=c1c2ccccc2oc2ccc([I+](OS(=O)(=O)c3c(F)c(F)c(F)c(F)c3F)c3ccc4oc5ccccc5c(=O)c4c3)cc12. The lowest BCUT2D eigenvalue weighted by Crippen LogP contribution is -3.85. The molecule has 0 atom stereocenters. The molecule has 0 saturated carbocycles. The molecule has 0 bridgehead atoms. The molecule has 2 aromatic heterocycles. The zero-order valence-corrected chi connectivity index (χ0v) is 25.6. The van der Waals surface area contributed by atoms with Crippen molar-refractivity contribution in [2.75, 3.05) is 0 Å². The van der Waals surface area contributed by atoms with Crippen molar-refractivity contribution in [2.45, 2.75) is 4.90 Å². The van der Waals surface area contributed by atoms with E-state index in [9.17, 15) is 40.0 Å². The van der Waals surface area contributed by atoms with Crippen LogP contribution in [-0.4, -0.2) is 8.42 Å². The summed E-state index contributed by atoms with van der Waals surface area (Å²) in [6.07, 6.45) is 0. The van der Waals surface area contributed by atoms with Gasteiger partial charge in [0.05, 0.1) is 21.5 Å². The maximum Gasteiger partial charge on any atom is 0.342 e. The molecule has 0 aliphatic carbocycles. The molecule has 5 aromatic carbocycles. The van der Waals surface area contributed by atoms with E-state index in [2.05, 4.69) is 0 Å². The summed E-state index contributed by atoms with van der Waals surface area (Å²) in [5, 5.41) is 0.416. The fourth-order valence-corrected chi connectivity index (χ4v) is 12.0. The van der Waals surface area contributed by atoms with Gasteiger partial charge in [-0.15, -0.1) is 0 Å². The fraction of sp³-hybridized carbons (Fsp3) is 0. The molecule has 0 saturated heterocycles. The molecule has 7 rings (SSSR count). The fourth-order valence-electron chi connectivity index (χ4n) is 4.88. The maximum atomic E-state index is 14.7. The lowest BCUT2D eigenvalue weighted by Gasteiger charge is -2.10. The molecule has 0 unspecified atom stereocenters. The Morgan fingerprint density at radius 1 is 0.522 bits per heavy atom. The first kappa shape index (κ1) is 30.0. The number of halogens is 6. The third-order valence-corrected chi connectivity index (χ3v) is 14.3. The number of para-hydroxylation sites is 2. The maximum absolute atomic E-state index is 14.7. The van der Waals surface area contributed by atoms with Gasteiger partial charge in [0.25, 0.3) is 0 Å². The van der Waals surface area contributed by atoms with Crippen LogP contribution in [0.25, 0.3) is 43.9 Å². The van der Waals surface area contributed by atoms with Gasteiger partial charge in [-0.25, -0.2) is 22.0 Å². The predicted octanol–water partition coefficient (Wildman–Crippen LogP) is 3.89. The van der Waals surface area contributed by atoms with Crippen molar-refractivity contribution in [3.63, 3.8) is 0 Å². The van der Waals surface area contributed by atoms with Crippen LogP contribution >= 0.6 is 0 Å². The molecular formula is C32H14F5IO7S+. The minimum atomic E-state index is -5.71. The molecule has 231 valence electrons. The summed E-state index contributed by atoms with van der Waals surface area (Å²) in [4.78, 5) is 24.6. The minimum Gasteiger partial charge on any atom is -0.456 e. The molecule has 0 amide bonds. The Kier molecular flexibility index (Phi) is 7.17. The van der Waals surface area contributed by atoms with E-state index in [1.807, 2.05) is 0 Å². The average molecular weight is 764 g/mol. The number of hydrogen-bond acceptors (Lipinski definition) is 7. The standard InChI is InChI=1S/C32H14F5IO7S/c33-25-26(34)28(36)32(29(37)27(25)35)46(41,42)45-38(15-9-11-23-19(13-15)30(39)17-5-1-3-7-21(17)43-23)16-10-12-24-20(14-16)31(40)18-6-2-4-8-22(18)44-24/h1-14H/q+1. The molecule has 7 nitrogen and oxygen atoms in total. The van der Waals surface area contributed by atoms with Crippen molar-refractivity contribution in [1.29, 1.82) is 0 Å². The number of hydrogen-bond donors (Lipinski definition) is 0. The molecule has 0 aliphatic rings. The second-order valence-corrected chi connectivity index (χ2v) is 16.2. The van der Waals surface area contributed by atoms with Crippen LogP contribution in [0.5, 0.6) is 0 Å². The summed E-state index contributed by atoms with van der Waals surface area (Å²) in [6, 6.07) is 20.7. The Balaban J connectivity index is 1.47. The van der Waals surface area contributed by atoms with Gasteiger partial charge in [0, 0.05) is 12.1 Å². The van der Waals surface area contributed by atoms with Crippen LogP contribution in [0.1, 0.15) is 0 Å². The monoisotopic (exact) mass is 764 g/mol. The Hall–Kier alpha value is -4.67. The van der Waals surface area contributed by atoms with Crippen molar-refractivity contribution < 1.29 is 62.0 Å². The zero-order chi connectivity index (χ0) is 32.5. The highest BCUT2D eigenvalue weighted by molar-refractivity contribution is 7.86. The summed E-state index contributed by atoms with van der Waals surface area (Å²) in [5.74, 6) is -12.7. The van der Waals surface area contributed by atoms with Gasteiger partial charge in [0.2, 0.25) is 16.7 Å². The lowest BCUT2D eigenvalue weighted by molar-refractivity contribution is -1.03. The molecule has 0 spiro atoms. The summed E-state index contributed by atoms with van der Waals surface area (Å²) >= 11 is -4.08. The van der Waals surface area contributed by atoms with E-state index in [1.54, 1.807) is 36.4 Å². The van der Waals surface area contributed by atoms with Crippen molar-refractivity contribution in [2.24, 2.45) is 0 Å². The molecule has 0 N–H and O–H groups in total. The second-order valence-electron chi connectivity index (χ2n) is 9.80. The van der Waals surface area contributed by atoms with E-state index in [-0.39, 0.29) is 51.0 Å². The van der Waals surface area contributed by atoms with Crippen molar-refractivity contribution in [3.8, 4) is 0 Å². The van der Waals surface area contributed by atoms with E-state index in [0.29, 0.717) is 0 Å². The van der Waals surface area contributed by atoms with E-state index in [1.165, 1.54) is 48.5 Å². The topological polar surface area (TPSA) is 104 Å². The Morgan fingerprint density at radius 3 is 1.37 bits per heavy atom. The Bertz CT molecular complexity index is 2490. The first-order valence-electron chi connectivity index (χ1n) is 13.0. The Labute approximate surface area is 261 Å². The predicted molar refractivity (Wildman–Crippen MR) is 152 cm³/mol. The van der Waals surface area contributed by atoms with Crippen molar-refractivity contribution >= 4 is 54.0 Å². The smallest absolute Gasteiger partial charge is 0.342 e. The summed E-state index contributed by atoms with van der Waals surface area (Å²) in [6.45, 7) is 0. The van der Waals surface area contributed by atoms with Gasteiger partial charge in [0.1, 0.15) is 22.3 Å². The highest BCUT2D eigenvalue weighted by atomic mass is 127. The largest absolute Gasteiger partial charge is 0.456 e. The molecule has 14 heteroatoms. The Morgan fingerprint density at radius 2 is 0.913 bits per heavy atom. The van der Waals surface area contributed by atoms with Crippen LogP contribution in [-0.2, 0) is 12.6 Å². The molecule has 0 fully saturated rings. The van der Waals surface area contributed by atoms with Crippen LogP contribution in [0, 0.1) is 36.2 Å². The number of benzene rings is 5. The first-order chi connectivity index (χ1) is 22.0. The van der Waals surface area contributed by atoms with Crippen molar-refractivity contribution in [1.82, 2.24) is 0 Å². The highest BCUT2D eigenvalue weighted by Gasteiger charge is 2.43. The van der Waals surface area contributed by atoms with Gasteiger partial charge in [-0.05, 0) is 51.0 Å². The average Bonchev–Trinajstić information content (AvgIpc) is 3.05. The normalized spacial score (nSPS) is 12.2. The zero-order valence-electron chi connectivity index (χ0n) is 22.6. The molecular weight excluding hydrogens is 750 g/mol. The third kappa shape index (κ3) is 4.75. The van der Waals surface area contributed by atoms with E-state index >= 15 is 0 Å². The van der Waals surface area contributed by atoms with Gasteiger partial charge >= 0.3 is 30.4 Å². The lowest BCUT2D eigenvalue weighted by atomic mass is 10.1. The van der Waals surface area contributed by atoms with Crippen LogP contribution in [0.4, 0.5) is 22.0 Å². The van der Waals surface area contributed by atoms with E-state index in [0.717, 1.165) is 0 Å². The molecule has 7 aromatic rings. The van der Waals surface area contributed by atoms with Crippen LogP contribution in [0.15, 0.2) is 108 Å². The summed E-state index contributed by atoms with van der Waals surface area (Å²) in [7, 11) is -5.71. The van der Waals surface area contributed by atoms with Gasteiger partial charge in [-0.1, -0.05) is 24.3 Å². The van der Waals surface area contributed by atoms with Crippen molar-refractivity contribution in [3.05, 3.63) is 142 Å².